The number of hydrogen-bond acceptors (Lipinski definition) is 11. The molecular formula is C43H42N6O7S. The van der Waals surface area contributed by atoms with Gasteiger partial charge in [-0.15, -0.1) is 5.10 Å². The molecule has 292 valence electrons. The van der Waals surface area contributed by atoms with Crippen LogP contribution < -0.4 is 10.6 Å². The number of tetrazole rings is 1. The number of aromatic nitrogens is 4. The average Bonchev–Trinajstić information content (AvgIpc) is 3.74. The molecule has 0 bridgehead atoms. The van der Waals surface area contributed by atoms with Gasteiger partial charge in [-0.1, -0.05) is 109 Å². The Morgan fingerprint density at radius 3 is 2.33 bits per heavy atom. The number of aliphatic hydroxyl groups is 1. The lowest BCUT2D eigenvalue weighted by Crippen LogP contribution is -2.47. The minimum Gasteiger partial charge on any atom is -0.508 e. The van der Waals surface area contributed by atoms with Crippen molar-refractivity contribution in [3.05, 3.63) is 155 Å². The van der Waals surface area contributed by atoms with Crippen molar-refractivity contribution in [2.45, 2.75) is 55.7 Å². The van der Waals surface area contributed by atoms with Crippen LogP contribution in [-0.2, 0) is 38.6 Å². The number of hydrogen-bond donors (Lipinski definition) is 4. The van der Waals surface area contributed by atoms with Gasteiger partial charge in [0.15, 0.2) is 6.29 Å². The summed E-state index contributed by atoms with van der Waals surface area (Å²) in [5.74, 6) is 0.190. The Hall–Kier alpha value is -6.06. The molecule has 2 amide bonds. The normalized spacial score (nSPS) is 17.1. The fourth-order valence-corrected chi connectivity index (χ4v) is 7.39. The number of aliphatic hydroxyl groups excluding tert-OH is 1. The molecule has 1 aliphatic rings. The van der Waals surface area contributed by atoms with Crippen LogP contribution in [0, 0.1) is 0 Å². The predicted octanol–water partition coefficient (Wildman–Crippen LogP) is 6.45. The molecule has 14 heteroatoms. The quantitative estimate of drug-likeness (QED) is 0.0707. The van der Waals surface area contributed by atoms with Crippen LogP contribution in [0.4, 0.5) is 4.79 Å². The Kier molecular flexibility index (Phi) is 12.9. The SMILES string of the molecule is COC(=O)[C@H](Cc1ccccc1)NC(=O)NCc1cccc(-c2ccc([C@@H]3O[C@H](CSc4nnnn4-c4ccc(O)cc4)C[C@H](c4ccc(CO)cc4)O3)cc2)c1. The third-order valence-corrected chi connectivity index (χ3v) is 10.6. The van der Waals surface area contributed by atoms with Crippen LogP contribution in [0.2, 0.25) is 0 Å². The molecule has 0 radical (unpaired) electrons. The molecule has 0 spiro atoms. The van der Waals surface area contributed by atoms with Gasteiger partial charge in [-0.25, -0.2) is 9.59 Å². The van der Waals surface area contributed by atoms with E-state index in [0.717, 1.165) is 44.6 Å². The van der Waals surface area contributed by atoms with Crippen molar-refractivity contribution in [3.63, 3.8) is 0 Å². The Morgan fingerprint density at radius 1 is 0.860 bits per heavy atom. The second kappa shape index (κ2) is 18.7. The molecule has 0 saturated carbocycles. The number of urea groups is 1. The van der Waals surface area contributed by atoms with E-state index in [-0.39, 0.29) is 31.1 Å². The molecule has 6 aromatic rings. The number of phenolic OH excluding ortho intramolecular Hbond substituents is 1. The number of thioether (sulfide) groups is 1. The number of nitrogens with one attached hydrogen (secondary N) is 2. The van der Waals surface area contributed by atoms with Crippen molar-refractivity contribution in [2.75, 3.05) is 12.9 Å². The van der Waals surface area contributed by atoms with Crippen LogP contribution >= 0.6 is 11.8 Å². The fourth-order valence-electron chi connectivity index (χ4n) is 6.49. The summed E-state index contributed by atoms with van der Waals surface area (Å²) in [4.78, 5) is 25.3. The highest BCUT2D eigenvalue weighted by molar-refractivity contribution is 7.99. The highest BCUT2D eigenvalue weighted by atomic mass is 32.2. The average molecular weight is 787 g/mol. The standard InChI is InChI=1S/C43H42N6O7S/c1-54-40(52)38(23-28-6-3-2-4-7-28)45-42(53)44-25-30-8-5-9-34(22-30)31-14-16-33(17-15-31)41-55-37(24-39(56-41)32-12-10-29(26-50)11-13-32)27-57-43-46-47-48-49(43)35-18-20-36(51)21-19-35/h2-22,37-39,41,50-51H,23-27H2,1H3,(H2,44,45,53)/t37-,38-,39+,41+/m0/s1. The van der Waals surface area contributed by atoms with Crippen molar-refractivity contribution >= 4 is 23.8 Å². The molecule has 5 aromatic carbocycles. The Bertz CT molecular complexity index is 2240. The number of ether oxygens (including phenoxy) is 3. The third kappa shape index (κ3) is 10.2. The summed E-state index contributed by atoms with van der Waals surface area (Å²) in [6, 6.07) is 38.4. The molecule has 1 saturated heterocycles. The van der Waals surface area contributed by atoms with Gasteiger partial charge >= 0.3 is 12.0 Å². The fraction of sp³-hybridized carbons (Fsp3) is 0.233. The zero-order valence-electron chi connectivity index (χ0n) is 31.1. The number of esters is 1. The van der Waals surface area contributed by atoms with Gasteiger partial charge in [0.05, 0.1) is 31.6 Å². The van der Waals surface area contributed by atoms with E-state index in [4.69, 9.17) is 14.2 Å². The van der Waals surface area contributed by atoms with Gasteiger partial charge in [-0.2, -0.15) is 4.68 Å². The number of methoxy groups -OCH3 is 1. The molecular weight excluding hydrogens is 745 g/mol. The summed E-state index contributed by atoms with van der Waals surface area (Å²) in [6.07, 6.45) is -0.235. The maximum absolute atomic E-state index is 12.8. The predicted molar refractivity (Wildman–Crippen MR) is 213 cm³/mol. The van der Waals surface area contributed by atoms with E-state index in [9.17, 15) is 19.8 Å². The van der Waals surface area contributed by atoms with Gasteiger partial charge in [-0.3, -0.25) is 0 Å². The first-order valence-corrected chi connectivity index (χ1v) is 19.4. The molecule has 0 aliphatic carbocycles. The lowest BCUT2D eigenvalue weighted by molar-refractivity contribution is -0.245. The topological polar surface area (TPSA) is 170 Å². The van der Waals surface area contributed by atoms with Crippen LogP contribution in [0.5, 0.6) is 5.75 Å². The minimum absolute atomic E-state index is 0.0414. The van der Waals surface area contributed by atoms with Crippen molar-refractivity contribution in [1.82, 2.24) is 30.8 Å². The smallest absolute Gasteiger partial charge is 0.328 e. The molecule has 1 fully saturated rings. The Labute approximate surface area is 334 Å². The first-order valence-electron chi connectivity index (χ1n) is 18.4. The highest BCUT2D eigenvalue weighted by Crippen LogP contribution is 2.40. The molecule has 4 atom stereocenters. The van der Waals surface area contributed by atoms with E-state index in [1.807, 2.05) is 103 Å². The number of carbonyl (C=O) groups is 2. The number of benzene rings is 5. The van der Waals surface area contributed by atoms with Crippen LogP contribution in [0.1, 0.15) is 46.6 Å². The third-order valence-electron chi connectivity index (χ3n) is 9.52. The van der Waals surface area contributed by atoms with Crippen molar-refractivity contribution in [2.24, 2.45) is 0 Å². The van der Waals surface area contributed by atoms with Gasteiger partial charge in [0.2, 0.25) is 5.16 Å². The second-order valence-electron chi connectivity index (χ2n) is 13.5. The summed E-state index contributed by atoms with van der Waals surface area (Å²) >= 11 is 1.47. The first-order chi connectivity index (χ1) is 27.8. The van der Waals surface area contributed by atoms with Gasteiger partial charge in [-0.05, 0) is 74.1 Å². The van der Waals surface area contributed by atoms with E-state index < -0.39 is 24.3 Å². The summed E-state index contributed by atoms with van der Waals surface area (Å²) in [5, 5.41) is 37.7. The first kappa shape index (κ1) is 39.2. The molecule has 4 N–H and O–H groups in total. The summed E-state index contributed by atoms with van der Waals surface area (Å²) < 4.78 is 19.7. The number of phenols is 1. The van der Waals surface area contributed by atoms with E-state index in [2.05, 4.69) is 26.2 Å². The van der Waals surface area contributed by atoms with Gasteiger partial charge < -0.3 is 35.1 Å². The Morgan fingerprint density at radius 2 is 1.60 bits per heavy atom. The molecule has 1 aliphatic heterocycles. The maximum atomic E-state index is 12.8. The molecule has 57 heavy (non-hydrogen) atoms. The van der Waals surface area contributed by atoms with E-state index >= 15 is 0 Å². The highest BCUT2D eigenvalue weighted by Gasteiger charge is 2.33. The molecule has 0 unspecified atom stereocenters. The summed E-state index contributed by atoms with van der Waals surface area (Å²) in [6.45, 7) is 0.211. The minimum atomic E-state index is -0.828. The van der Waals surface area contributed by atoms with Crippen LogP contribution in [-0.4, -0.2) is 67.4 Å². The van der Waals surface area contributed by atoms with Crippen LogP contribution in [0.25, 0.3) is 16.8 Å². The number of nitrogens with zero attached hydrogens (tertiary/aromatic N) is 4. The van der Waals surface area contributed by atoms with Gasteiger partial charge in [0.25, 0.3) is 0 Å². The van der Waals surface area contributed by atoms with E-state index in [0.29, 0.717) is 23.8 Å². The number of amides is 2. The molecule has 2 heterocycles. The maximum Gasteiger partial charge on any atom is 0.328 e. The van der Waals surface area contributed by atoms with E-state index in [1.165, 1.54) is 18.9 Å². The zero-order chi connectivity index (χ0) is 39.6. The van der Waals surface area contributed by atoms with Gasteiger partial charge in [0.1, 0.15) is 11.8 Å². The second-order valence-corrected chi connectivity index (χ2v) is 14.5. The van der Waals surface area contributed by atoms with Crippen LogP contribution in [0.3, 0.4) is 0 Å². The lowest BCUT2D eigenvalue weighted by atomic mass is 9.99. The number of rotatable bonds is 14. The summed E-state index contributed by atoms with van der Waals surface area (Å²) in [5.41, 5.74) is 7.10. The molecule has 1 aromatic heterocycles. The largest absolute Gasteiger partial charge is 0.508 e. The number of aromatic hydroxyl groups is 1. The zero-order valence-corrected chi connectivity index (χ0v) is 31.9. The molecule has 7 rings (SSSR count). The van der Waals surface area contributed by atoms with Gasteiger partial charge in [0, 0.05) is 30.7 Å². The summed E-state index contributed by atoms with van der Waals surface area (Å²) in [7, 11) is 1.30. The van der Waals surface area contributed by atoms with Crippen molar-refractivity contribution in [3.8, 4) is 22.6 Å². The van der Waals surface area contributed by atoms with Crippen molar-refractivity contribution in [1.29, 1.82) is 0 Å². The van der Waals surface area contributed by atoms with Crippen molar-refractivity contribution < 1.29 is 34.0 Å². The van der Waals surface area contributed by atoms with Crippen LogP contribution in [0.15, 0.2) is 133 Å². The Balaban J connectivity index is 1.01. The monoisotopic (exact) mass is 786 g/mol. The number of carbonyl (C=O) groups excluding carboxylic acids is 2. The van der Waals surface area contributed by atoms with E-state index in [1.54, 1.807) is 28.9 Å². The molecule has 13 nitrogen and oxygen atoms in total. The lowest BCUT2D eigenvalue weighted by Gasteiger charge is -2.36.